The zero-order chi connectivity index (χ0) is 13.8. The van der Waals surface area contributed by atoms with E-state index in [1.165, 1.54) is 18.2 Å². The van der Waals surface area contributed by atoms with Crippen LogP contribution in [-0.2, 0) is 9.47 Å². The number of nitrogen functional groups attached to an aromatic ring is 1. The first-order valence-electron chi connectivity index (χ1n) is 4.66. The monoisotopic (exact) mass is 327 g/mol. The molecule has 0 spiro atoms. The quantitative estimate of drug-likeness (QED) is 0.400. The molecule has 0 aliphatic rings. The zero-order valence-electron chi connectivity index (χ0n) is 8.96. The first-order valence-corrected chi connectivity index (χ1v) is 5.45. The van der Waals surface area contributed by atoms with Crippen LogP contribution in [-0.4, -0.2) is 25.5 Å². The van der Waals surface area contributed by atoms with Crippen LogP contribution in [0, 0.1) is 0 Å². The summed E-state index contributed by atoms with van der Waals surface area (Å²) in [5, 5.41) is 0. The lowest BCUT2D eigenvalue weighted by Crippen LogP contribution is -2.19. The Hall–Kier alpha value is -1.28. The molecule has 0 amide bonds. The maximum absolute atomic E-state index is 11.7. The first kappa shape index (κ1) is 14.8. The van der Waals surface area contributed by atoms with Crippen molar-refractivity contribution in [1.29, 1.82) is 0 Å². The molecule has 0 bridgehead atoms. The normalized spacial score (nSPS) is 11.3. The van der Waals surface area contributed by atoms with E-state index in [2.05, 4.69) is 25.4 Å². The molecule has 0 radical (unpaired) electrons. The van der Waals surface area contributed by atoms with Gasteiger partial charge in [0.2, 0.25) is 0 Å². The van der Waals surface area contributed by atoms with Crippen LogP contribution in [0.2, 0.25) is 0 Å². The SMILES string of the molecule is Nc1cc(C(=O)OCOCC(F)(F)F)ccc1Br. The van der Waals surface area contributed by atoms with Crippen molar-refractivity contribution >= 4 is 27.6 Å². The molecule has 2 N–H and O–H groups in total. The number of anilines is 1. The lowest BCUT2D eigenvalue weighted by Gasteiger charge is -2.08. The Morgan fingerprint density at radius 1 is 1.39 bits per heavy atom. The van der Waals surface area contributed by atoms with Crippen molar-refractivity contribution in [3.63, 3.8) is 0 Å². The molecule has 1 rings (SSSR count). The van der Waals surface area contributed by atoms with Crippen LogP contribution >= 0.6 is 15.9 Å². The molecular weight excluding hydrogens is 319 g/mol. The standard InChI is InChI=1S/C10H9BrF3NO3/c11-7-2-1-6(3-8(7)15)9(16)18-5-17-4-10(12,13)14/h1-3H,4-5,15H2. The maximum atomic E-state index is 11.7. The van der Waals surface area contributed by atoms with E-state index < -0.39 is 25.5 Å². The van der Waals surface area contributed by atoms with Crippen LogP contribution in [0.5, 0.6) is 0 Å². The molecule has 4 nitrogen and oxygen atoms in total. The van der Waals surface area contributed by atoms with Gasteiger partial charge in [-0.3, -0.25) is 0 Å². The topological polar surface area (TPSA) is 61.6 Å². The Labute approximate surface area is 109 Å². The van der Waals surface area contributed by atoms with Crippen molar-refractivity contribution in [3.05, 3.63) is 28.2 Å². The molecule has 1 aromatic carbocycles. The highest BCUT2D eigenvalue weighted by Crippen LogP contribution is 2.20. The summed E-state index contributed by atoms with van der Waals surface area (Å²) < 4.78 is 44.4. The fourth-order valence-corrected chi connectivity index (χ4v) is 1.25. The minimum atomic E-state index is -4.45. The molecule has 0 saturated carbocycles. The van der Waals surface area contributed by atoms with E-state index in [9.17, 15) is 18.0 Å². The number of carbonyl (C=O) groups is 1. The van der Waals surface area contributed by atoms with Gasteiger partial charge in [0.1, 0.15) is 6.61 Å². The van der Waals surface area contributed by atoms with E-state index in [4.69, 9.17) is 5.73 Å². The van der Waals surface area contributed by atoms with Crippen LogP contribution < -0.4 is 5.73 Å². The number of alkyl halides is 3. The van der Waals surface area contributed by atoms with Crippen molar-refractivity contribution in [3.8, 4) is 0 Å². The fraction of sp³-hybridized carbons (Fsp3) is 0.300. The summed E-state index contributed by atoms with van der Waals surface area (Å²) in [6.07, 6.45) is -4.45. The summed E-state index contributed by atoms with van der Waals surface area (Å²) in [5.74, 6) is -0.809. The summed E-state index contributed by atoms with van der Waals surface area (Å²) >= 11 is 3.14. The second-order valence-electron chi connectivity index (χ2n) is 3.25. The molecule has 0 saturated heterocycles. The van der Waals surface area contributed by atoms with Crippen molar-refractivity contribution in [1.82, 2.24) is 0 Å². The van der Waals surface area contributed by atoms with Gasteiger partial charge in [-0.25, -0.2) is 4.79 Å². The van der Waals surface area contributed by atoms with Gasteiger partial charge in [0.25, 0.3) is 0 Å². The molecule has 0 aromatic heterocycles. The molecule has 18 heavy (non-hydrogen) atoms. The molecule has 1 aromatic rings. The number of hydrogen-bond donors (Lipinski definition) is 1. The first-order chi connectivity index (χ1) is 8.29. The predicted octanol–water partition coefficient (Wildman–Crippen LogP) is 2.72. The zero-order valence-corrected chi connectivity index (χ0v) is 10.5. The highest BCUT2D eigenvalue weighted by Gasteiger charge is 2.27. The molecule has 0 aliphatic carbocycles. The average molecular weight is 328 g/mol. The number of carbonyl (C=O) groups excluding carboxylic acids is 1. The fourth-order valence-electron chi connectivity index (χ4n) is 1.01. The van der Waals surface area contributed by atoms with E-state index in [0.717, 1.165) is 0 Å². The van der Waals surface area contributed by atoms with Gasteiger partial charge in [-0.2, -0.15) is 13.2 Å². The molecule has 0 heterocycles. The summed E-state index contributed by atoms with van der Waals surface area (Å²) in [7, 11) is 0. The van der Waals surface area contributed by atoms with Gasteiger partial charge in [0.15, 0.2) is 6.79 Å². The molecule has 0 aliphatic heterocycles. The number of esters is 1. The van der Waals surface area contributed by atoms with E-state index in [1.807, 2.05) is 0 Å². The third-order valence-electron chi connectivity index (χ3n) is 1.77. The number of nitrogens with two attached hydrogens (primary N) is 1. The van der Waals surface area contributed by atoms with E-state index in [1.54, 1.807) is 0 Å². The largest absolute Gasteiger partial charge is 0.435 e. The van der Waals surface area contributed by atoms with Crippen molar-refractivity contribution in [2.75, 3.05) is 19.1 Å². The van der Waals surface area contributed by atoms with Gasteiger partial charge < -0.3 is 15.2 Å². The van der Waals surface area contributed by atoms with Crippen LogP contribution in [0.15, 0.2) is 22.7 Å². The van der Waals surface area contributed by atoms with E-state index >= 15 is 0 Å². The van der Waals surface area contributed by atoms with Gasteiger partial charge in [-0.05, 0) is 34.1 Å². The molecule has 0 unspecified atom stereocenters. The Morgan fingerprint density at radius 3 is 2.61 bits per heavy atom. The Balaban J connectivity index is 2.43. The second-order valence-corrected chi connectivity index (χ2v) is 4.10. The lowest BCUT2D eigenvalue weighted by atomic mass is 10.2. The average Bonchev–Trinajstić information content (AvgIpc) is 2.26. The summed E-state index contributed by atoms with van der Waals surface area (Å²) in [5.41, 5.74) is 5.99. The van der Waals surface area contributed by atoms with Gasteiger partial charge in [-0.1, -0.05) is 0 Å². The van der Waals surface area contributed by atoms with Crippen LogP contribution in [0.25, 0.3) is 0 Å². The van der Waals surface area contributed by atoms with Crippen molar-refractivity contribution in [2.24, 2.45) is 0 Å². The highest BCUT2D eigenvalue weighted by molar-refractivity contribution is 9.10. The minimum Gasteiger partial charge on any atom is -0.435 e. The minimum absolute atomic E-state index is 0.131. The van der Waals surface area contributed by atoms with Gasteiger partial charge in [-0.15, -0.1) is 0 Å². The molecule has 100 valence electrons. The van der Waals surface area contributed by atoms with E-state index in [0.29, 0.717) is 10.2 Å². The van der Waals surface area contributed by atoms with Crippen molar-refractivity contribution in [2.45, 2.75) is 6.18 Å². The Kier molecular flexibility index (Phi) is 4.97. The summed E-state index contributed by atoms with van der Waals surface area (Å²) in [6, 6.07) is 4.30. The molecular formula is C10H9BrF3NO3. The third-order valence-corrected chi connectivity index (χ3v) is 2.49. The van der Waals surface area contributed by atoms with Crippen molar-refractivity contribution < 1.29 is 27.4 Å². The lowest BCUT2D eigenvalue weighted by molar-refractivity contribution is -0.190. The Morgan fingerprint density at radius 2 is 2.06 bits per heavy atom. The third kappa shape index (κ3) is 4.92. The number of benzene rings is 1. The van der Waals surface area contributed by atoms with Gasteiger partial charge in [0, 0.05) is 10.2 Å². The van der Waals surface area contributed by atoms with Gasteiger partial charge >= 0.3 is 12.1 Å². The van der Waals surface area contributed by atoms with Crippen LogP contribution in [0.4, 0.5) is 18.9 Å². The van der Waals surface area contributed by atoms with Crippen LogP contribution in [0.3, 0.4) is 0 Å². The number of rotatable bonds is 4. The maximum Gasteiger partial charge on any atom is 0.411 e. The molecule has 0 fully saturated rings. The van der Waals surface area contributed by atoms with Gasteiger partial charge in [0.05, 0.1) is 5.56 Å². The molecule has 0 atom stereocenters. The van der Waals surface area contributed by atoms with Crippen LogP contribution in [0.1, 0.15) is 10.4 Å². The molecule has 8 heteroatoms. The highest BCUT2D eigenvalue weighted by atomic mass is 79.9. The smallest absolute Gasteiger partial charge is 0.411 e. The number of ether oxygens (including phenoxy) is 2. The van der Waals surface area contributed by atoms with E-state index in [-0.39, 0.29) is 5.56 Å². The number of halogens is 4. The Bertz CT molecular complexity index is 437. The summed E-state index contributed by atoms with van der Waals surface area (Å²) in [6.45, 7) is -2.24. The summed E-state index contributed by atoms with van der Waals surface area (Å²) in [4.78, 5) is 11.4. The second kappa shape index (κ2) is 6.05. The number of hydrogen-bond acceptors (Lipinski definition) is 4. The predicted molar refractivity (Wildman–Crippen MR) is 60.8 cm³/mol.